The van der Waals surface area contributed by atoms with Gasteiger partial charge in [-0.2, -0.15) is 14.9 Å². The van der Waals surface area contributed by atoms with Gasteiger partial charge in [0.2, 0.25) is 4.77 Å². The van der Waals surface area contributed by atoms with Crippen molar-refractivity contribution in [3.8, 4) is 5.75 Å². The molecule has 2 heterocycles. The quantitative estimate of drug-likeness (QED) is 0.296. The second-order valence-corrected chi connectivity index (χ2v) is 8.10. The third kappa shape index (κ3) is 5.20. The molecule has 0 aliphatic rings. The number of ether oxygens (including phenoxy) is 1. The molecule has 2 aromatic heterocycles. The smallest absolute Gasteiger partial charge is 0.216 e. The summed E-state index contributed by atoms with van der Waals surface area (Å²) in [4.78, 5) is 1.20. The van der Waals surface area contributed by atoms with Crippen molar-refractivity contribution in [2.45, 2.75) is 13.0 Å². The summed E-state index contributed by atoms with van der Waals surface area (Å²) in [5, 5.41) is 14.4. The highest BCUT2D eigenvalue weighted by Crippen LogP contribution is 2.17. The Morgan fingerprint density at radius 1 is 1.17 bits per heavy atom. The average Bonchev–Trinajstić information content (AvgIpc) is 3.37. The number of hydrogen-bond acceptors (Lipinski definition) is 5. The van der Waals surface area contributed by atoms with Crippen molar-refractivity contribution in [3.63, 3.8) is 0 Å². The second-order valence-electron chi connectivity index (χ2n) is 6.25. The molecule has 0 spiro atoms. The highest BCUT2D eigenvalue weighted by atomic mass is 35.5. The number of nitrogens with one attached hydrogen (secondary N) is 1. The summed E-state index contributed by atoms with van der Waals surface area (Å²) < 4.78 is 7.99. The molecule has 0 saturated carbocycles. The van der Waals surface area contributed by atoms with Crippen molar-refractivity contribution in [2.24, 2.45) is 5.10 Å². The van der Waals surface area contributed by atoms with Crippen LogP contribution in [-0.2, 0) is 13.0 Å². The van der Waals surface area contributed by atoms with E-state index in [9.17, 15) is 0 Å². The molecular formula is C21H17ClN4OS2. The molecule has 0 atom stereocenters. The van der Waals surface area contributed by atoms with E-state index in [1.165, 1.54) is 4.88 Å². The maximum atomic E-state index is 5.92. The number of aromatic nitrogens is 3. The van der Waals surface area contributed by atoms with Crippen LogP contribution in [0.4, 0.5) is 0 Å². The van der Waals surface area contributed by atoms with E-state index in [0.717, 1.165) is 22.7 Å². The minimum Gasteiger partial charge on any atom is -0.489 e. The summed E-state index contributed by atoms with van der Waals surface area (Å²) in [6.07, 6.45) is 2.42. The lowest BCUT2D eigenvalue weighted by Gasteiger charge is -2.07. The SMILES string of the molecule is S=c1[nH]nc(Cc2cccs2)n1/N=C\c1cccc(OCc2ccc(Cl)cc2)c1. The zero-order chi connectivity index (χ0) is 20.1. The summed E-state index contributed by atoms with van der Waals surface area (Å²) in [6.45, 7) is 0.468. The Morgan fingerprint density at radius 3 is 2.83 bits per heavy atom. The van der Waals surface area contributed by atoms with E-state index in [-0.39, 0.29) is 0 Å². The topological polar surface area (TPSA) is 55.2 Å². The molecule has 0 amide bonds. The third-order valence-corrected chi connectivity index (χ3v) is 5.52. The predicted octanol–water partition coefficient (Wildman–Crippen LogP) is 5.71. The maximum absolute atomic E-state index is 5.92. The number of nitrogens with zero attached hydrogens (tertiary/aromatic N) is 3. The number of halogens is 1. The van der Waals surface area contributed by atoms with Crippen LogP contribution in [-0.4, -0.2) is 21.1 Å². The second kappa shape index (κ2) is 9.17. The van der Waals surface area contributed by atoms with Gasteiger partial charge < -0.3 is 4.74 Å². The van der Waals surface area contributed by atoms with Gasteiger partial charge in [0.05, 0.1) is 6.21 Å². The molecule has 0 saturated heterocycles. The molecule has 0 aliphatic heterocycles. The zero-order valence-electron chi connectivity index (χ0n) is 15.3. The minimum absolute atomic E-state index is 0.461. The van der Waals surface area contributed by atoms with Crippen molar-refractivity contribution in [1.82, 2.24) is 14.9 Å². The number of hydrogen-bond donors (Lipinski definition) is 1. The molecule has 0 fully saturated rings. The summed E-state index contributed by atoms with van der Waals surface area (Å²) in [7, 11) is 0. The van der Waals surface area contributed by atoms with Crippen LogP contribution in [0.25, 0.3) is 0 Å². The minimum atomic E-state index is 0.461. The molecule has 0 aliphatic carbocycles. The Hall–Kier alpha value is -2.74. The monoisotopic (exact) mass is 440 g/mol. The molecule has 2 aromatic carbocycles. The van der Waals surface area contributed by atoms with Gasteiger partial charge in [0.25, 0.3) is 0 Å². The Balaban J connectivity index is 1.46. The van der Waals surface area contributed by atoms with Crippen molar-refractivity contribution in [3.05, 3.63) is 97.7 Å². The van der Waals surface area contributed by atoms with Crippen LogP contribution < -0.4 is 4.74 Å². The highest BCUT2D eigenvalue weighted by Gasteiger charge is 2.07. The van der Waals surface area contributed by atoms with E-state index in [4.69, 9.17) is 28.6 Å². The molecule has 4 rings (SSSR count). The standard InChI is InChI=1S/C21H17ClN4OS2/c22-17-8-6-15(7-9-17)14-27-18-4-1-3-16(11-18)13-23-26-20(24-25-21(26)28)12-19-5-2-10-29-19/h1-11,13H,12,14H2,(H,25,28)/b23-13-. The highest BCUT2D eigenvalue weighted by molar-refractivity contribution is 7.71. The fourth-order valence-electron chi connectivity index (χ4n) is 2.68. The van der Waals surface area contributed by atoms with Gasteiger partial charge in [-0.3, -0.25) is 5.10 Å². The van der Waals surface area contributed by atoms with Crippen LogP contribution in [0.2, 0.25) is 5.02 Å². The number of H-pyrrole nitrogens is 1. The van der Waals surface area contributed by atoms with Gasteiger partial charge in [-0.1, -0.05) is 41.9 Å². The van der Waals surface area contributed by atoms with Gasteiger partial charge in [0.15, 0.2) is 5.82 Å². The summed E-state index contributed by atoms with van der Waals surface area (Å²) >= 11 is 12.9. The molecule has 146 valence electrons. The molecule has 0 unspecified atom stereocenters. The van der Waals surface area contributed by atoms with E-state index in [0.29, 0.717) is 22.8 Å². The first-order valence-electron chi connectivity index (χ1n) is 8.88. The van der Waals surface area contributed by atoms with Crippen molar-refractivity contribution in [1.29, 1.82) is 0 Å². The van der Waals surface area contributed by atoms with Crippen LogP contribution in [0.5, 0.6) is 5.75 Å². The molecule has 5 nitrogen and oxygen atoms in total. The largest absolute Gasteiger partial charge is 0.489 e. The fraction of sp³-hybridized carbons (Fsp3) is 0.0952. The summed E-state index contributed by atoms with van der Waals surface area (Å²) in [5.41, 5.74) is 1.96. The van der Waals surface area contributed by atoms with Crippen LogP contribution in [0.1, 0.15) is 21.8 Å². The van der Waals surface area contributed by atoms with E-state index in [2.05, 4.69) is 21.4 Å². The molecule has 29 heavy (non-hydrogen) atoms. The first-order chi connectivity index (χ1) is 14.2. The van der Waals surface area contributed by atoms with Gasteiger partial charge in [0.1, 0.15) is 12.4 Å². The Morgan fingerprint density at radius 2 is 2.03 bits per heavy atom. The number of aromatic amines is 1. The van der Waals surface area contributed by atoms with Crippen LogP contribution in [0.3, 0.4) is 0 Å². The molecule has 8 heteroatoms. The lowest BCUT2D eigenvalue weighted by molar-refractivity contribution is 0.306. The number of benzene rings is 2. The first kappa shape index (κ1) is 19.6. The van der Waals surface area contributed by atoms with Crippen LogP contribution >= 0.6 is 35.2 Å². The summed E-state index contributed by atoms with van der Waals surface area (Å²) in [5.74, 6) is 1.53. The Kier molecular flexibility index (Phi) is 6.19. The van der Waals surface area contributed by atoms with E-state index in [1.54, 1.807) is 22.2 Å². The molecular weight excluding hydrogens is 424 g/mol. The maximum Gasteiger partial charge on any atom is 0.216 e. The molecule has 0 bridgehead atoms. The number of thiophene rings is 1. The third-order valence-electron chi connectivity index (χ3n) is 4.13. The summed E-state index contributed by atoms with van der Waals surface area (Å²) in [6, 6.07) is 19.4. The Bertz CT molecular complexity index is 1160. The van der Waals surface area contributed by atoms with Crippen LogP contribution in [0, 0.1) is 4.77 Å². The van der Waals surface area contributed by atoms with Crippen LogP contribution in [0.15, 0.2) is 71.1 Å². The normalized spacial score (nSPS) is 11.2. The van der Waals surface area contributed by atoms with Gasteiger partial charge in [-0.25, -0.2) is 0 Å². The Labute approximate surface area is 182 Å². The first-order valence-corrected chi connectivity index (χ1v) is 10.5. The molecule has 0 radical (unpaired) electrons. The van der Waals surface area contributed by atoms with E-state index in [1.807, 2.05) is 60.0 Å². The molecule has 1 N–H and O–H groups in total. The lowest BCUT2D eigenvalue weighted by Crippen LogP contribution is -2.00. The molecule has 4 aromatic rings. The van der Waals surface area contributed by atoms with Gasteiger partial charge >= 0.3 is 0 Å². The van der Waals surface area contributed by atoms with Gasteiger partial charge in [-0.05, 0) is 59.1 Å². The zero-order valence-corrected chi connectivity index (χ0v) is 17.7. The van der Waals surface area contributed by atoms with E-state index < -0.39 is 0 Å². The fourth-order valence-corrected chi connectivity index (χ4v) is 3.71. The lowest BCUT2D eigenvalue weighted by atomic mass is 10.2. The van der Waals surface area contributed by atoms with Crippen molar-refractivity contribution < 1.29 is 4.74 Å². The number of rotatable bonds is 7. The average molecular weight is 441 g/mol. The van der Waals surface area contributed by atoms with Crippen molar-refractivity contribution >= 4 is 41.4 Å². The van der Waals surface area contributed by atoms with Gasteiger partial charge in [0, 0.05) is 16.3 Å². The van der Waals surface area contributed by atoms with E-state index >= 15 is 0 Å². The van der Waals surface area contributed by atoms with Crippen molar-refractivity contribution in [2.75, 3.05) is 0 Å². The van der Waals surface area contributed by atoms with Gasteiger partial charge in [-0.15, -0.1) is 11.3 Å². The predicted molar refractivity (Wildman–Crippen MR) is 120 cm³/mol.